The minimum atomic E-state index is 0.408. The fraction of sp³-hybridized carbons (Fsp3) is 0.500. The van der Waals surface area contributed by atoms with Crippen molar-refractivity contribution in [1.82, 2.24) is 5.16 Å². The molecule has 1 aliphatic rings. The molecule has 2 N–H and O–H groups in total. The Morgan fingerprint density at radius 2 is 1.92 bits per heavy atom. The Morgan fingerprint density at radius 1 is 1.18 bits per heavy atom. The normalized spacial score (nSPS) is 18.9. The summed E-state index contributed by atoms with van der Waals surface area (Å²) in [5.74, 6) is 2.87. The van der Waals surface area contributed by atoms with Crippen molar-refractivity contribution in [3.8, 4) is 11.3 Å². The average Bonchev–Trinajstić information content (AvgIpc) is 3.51. The van der Waals surface area contributed by atoms with E-state index in [0.717, 1.165) is 64.8 Å². The highest BCUT2D eigenvalue weighted by molar-refractivity contribution is 7.98. The van der Waals surface area contributed by atoms with E-state index in [-0.39, 0.29) is 0 Å². The first-order chi connectivity index (χ1) is 18.3. The highest BCUT2D eigenvalue weighted by Crippen LogP contribution is 2.31. The summed E-state index contributed by atoms with van der Waals surface area (Å²) >= 11 is 1.91. The lowest BCUT2D eigenvalue weighted by molar-refractivity contribution is 0.0700. The molecule has 1 aliphatic heterocycles. The Kier molecular flexibility index (Phi) is 14.2. The number of aryl methyl sites for hydroxylation is 1. The van der Waals surface area contributed by atoms with Gasteiger partial charge in [-0.3, -0.25) is 4.99 Å². The van der Waals surface area contributed by atoms with Crippen LogP contribution in [-0.2, 0) is 10.5 Å². The number of unbranched alkanes of at least 4 members (excludes halogenated alkanes) is 1. The first-order valence-electron chi connectivity index (χ1n) is 13.9. The van der Waals surface area contributed by atoms with Gasteiger partial charge in [0.15, 0.2) is 5.76 Å². The van der Waals surface area contributed by atoms with Gasteiger partial charge in [0.2, 0.25) is 0 Å². The van der Waals surface area contributed by atoms with Gasteiger partial charge in [-0.2, -0.15) is 11.8 Å². The lowest BCUT2D eigenvalue weighted by atomic mass is 10.0. The number of thioether (sulfide) groups is 1. The van der Waals surface area contributed by atoms with E-state index in [2.05, 4.69) is 62.1 Å². The van der Waals surface area contributed by atoms with Crippen LogP contribution in [-0.4, -0.2) is 29.3 Å². The van der Waals surface area contributed by atoms with Gasteiger partial charge in [0.25, 0.3) is 0 Å². The van der Waals surface area contributed by atoms with Gasteiger partial charge >= 0.3 is 0 Å². The molecular weight excluding hydrogens is 490 g/mol. The van der Waals surface area contributed by atoms with Gasteiger partial charge in [-0.25, -0.2) is 0 Å². The number of hydrogen-bond donors (Lipinski definition) is 1. The number of nitrogens with two attached hydrogens (primary N) is 1. The van der Waals surface area contributed by atoms with Crippen LogP contribution in [0.5, 0.6) is 0 Å². The predicted molar refractivity (Wildman–Crippen MR) is 164 cm³/mol. The Labute approximate surface area is 234 Å². The molecule has 1 saturated heterocycles. The zero-order valence-electron chi connectivity index (χ0n) is 24.4. The standard InChI is InChI=1S/C17H21NO2S.C15H26N2/c1-12-8-9-15(19-12)10-21-11-16-13(2)18-20-17(16)14-6-4-3-5-7-14;1-6-9-10-11-14(13(5)17-8-3)15(16)12(4)7-2/h3-7,12,15H,8-11H2,1-2H3;8,10-11H,6-7,9,16H2,1-5H3/b;11-10-,14-13-,15-12-,17-8?. The average molecular weight is 538 g/mol. The molecule has 1 aromatic carbocycles. The number of aromatic nitrogens is 1. The topological polar surface area (TPSA) is 73.6 Å². The van der Waals surface area contributed by atoms with E-state index in [9.17, 15) is 0 Å². The largest absolute Gasteiger partial charge is 0.398 e. The fourth-order valence-corrected chi connectivity index (χ4v) is 5.30. The maximum absolute atomic E-state index is 6.18. The first-order valence-corrected chi connectivity index (χ1v) is 15.0. The third-order valence-electron chi connectivity index (χ3n) is 6.62. The Bertz CT molecular complexity index is 1100. The van der Waals surface area contributed by atoms with Gasteiger partial charge in [0, 0.05) is 45.8 Å². The lowest BCUT2D eigenvalue weighted by Gasteiger charge is -2.10. The number of hydrogen-bond acceptors (Lipinski definition) is 6. The highest BCUT2D eigenvalue weighted by atomic mass is 32.2. The van der Waals surface area contributed by atoms with Gasteiger partial charge in [0.05, 0.1) is 17.9 Å². The molecule has 0 bridgehead atoms. The molecule has 208 valence electrons. The van der Waals surface area contributed by atoms with Gasteiger partial charge in [-0.1, -0.05) is 67.9 Å². The third kappa shape index (κ3) is 9.95. The minimum Gasteiger partial charge on any atom is -0.398 e. The molecule has 0 amide bonds. The molecule has 2 heterocycles. The van der Waals surface area contributed by atoms with Crippen molar-refractivity contribution in [2.24, 2.45) is 10.7 Å². The molecule has 5 nitrogen and oxygen atoms in total. The van der Waals surface area contributed by atoms with E-state index in [0.29, 0.717) is 12.2 Å². The molecule has 2 aromatic rings. The lowest BCUT2D eigenvalue weighted by Crippen LogP contribution is -2.11. The van der Waals surface area contributed by atoms with E-state index < -0.39 is 0 Å². The molecule has 0 spiro atoms. The summed E-state index contributed by atoms with van der Waals surface area (Å²) in [5.41, 5.74) is 13.6. The van der Waals surface area contributed by atoms with E-state index in [1.165, 1.54) is 24.0 Å². The van der Waals surface area contributed by atoms with Crippen molar-refractivity contribution in [3.05, 3.63) is 76.3 Å². The Balaban J connectivity index is 0.000000275. The second-order valence-electron chi connectivity index (χ2n) is 9.73. The summed E-state index contributed by atoms with van der Waals surface area (Å²) in [6.07, 6.45) is 12.5. The van der Waals surface area contributed by atoms with Crippen LogP contribution in [0.15, 0.2) is 74.5 Å². The molecule has 2 unspecified atom stereocenters. The van der Waals surface area contributed by atoms with Gasteiger partial charge in [-0.15, -0.1) is 0 Å². The van der Waals surface area contributed by atoms with Crippen LogP contribution in [0.1, 0.15) is 84.9 Å². The quantitative estimate of drug-likeness (QED) is 0.229. The molecule has 6 heteroatoms. The summed E-state index contributed by atoms with van der Waals surface area (Å²) in [5, 5.41) is 4.14. The number of rotatable bonds is 11. The fourth-order valence-electron chi connectivity index (χ4n) is 4.13. The molecule has 2 atom stereocenters. The van der Waals surface area contributed by atoms with Crippen molar-refractivity contribution in [1.29, 1.82) is 0 Å². The third-order valence-corrected chi connectivity index (χ3v) is 7.72. The molecule has 0 saturated carbocycles. The monoisotopic (exact) mass is 537 g/mol. The zero-order valence-corrected chi connectivity index (χ0v) is 25.2. The van der Waals surface area contributed by atoms with Crippen molar-refractivity contribution in [2.75, 3.05) is 5.75 Å². The van der Waals surface area contributed by atoms with Gasteiger partial charge in [0.1, 0.15) is 0 Å². The summed E-state index contributed by atoms with van der Waals surface area (Å²) in [6.45, 7) is 14.5. The van der Waals surface area contributed by atoms with Crippen LogP contribution in [0, 0.1) is 6.92 Å². The van der Waals surface area contributed by atoms with Crippen molar-refractivity contribution < 1.29 is 9.26 Å². The number of ether oxygens (including phenoxy) is 1. The van der Waals surface area contributed by atoms with Crippen LogP contribution in [0.2, 0.25) is 0 Å². The Morgan fingerprint density at radius 3 is 2.53 bits per heavy atom. The van der Waals surface area contributed by atoms with Crippen molar-refractivity contribution in [2.45, 2.75) is 98.5 Å². The number of allylic oxidation sites excluding steroid dienone is 4. The SMILES string of the molecule is CC=N/C(C)=C(/C=C\CCC)C(\N)=C(/C)CC.Cc1noc(-c2ccccc2)c1CSCC1CCC(C)O1. The zero-order chi connectivity index (χ0) is 27.9. The van der Waals surface area contributed by atoms with E-state index in [1.807, 2.05) is 50.7 Å². The van der Waals surface area contributed by atoms with Crippen LogP contribution in [0.25, 0.3) is 11.3 Å². The predicted octanol–water partition coefficient (Wildman–Crippen LogP) is 8.80. The molecule has 3 rings (SSSR count). The first kappa shape index (κ1) is 31.6. The molecule has 0 radical (unpaired) electrons. The van der Waals surface area contributed by atoms with Crippen LogP contribution in [0.4, 0.5) is 0 Å². The maximum Gasteiger partial charge on any atom is 0.171 e. The highest BCUT2D eigenvalue weighted by Gasteiger charge is 2.22. The summed E-state index contributed by atoms with van der Waals surface area (Å²) in [6, 6.07) is 10.2. The maximum atomic E-state index is 6.18. The van der Waals surface area contributed by atoms with Crippen molar-refractivity contribution in [3.63, 3.8) is 0 Å². The Hall–Kier alpha value is -2.57. The minimum absolute atomic E-state index is 0.408. The van der Waals surface area contributed by atoms with Crippen molar-refractivity contribution >= 4 is 18.0 Å². The number of nitrogens with zero attached hydrogens (tertiary/aromatic N) is 2. The van der Waals surface area contributed by atoms with E-state index >= 15 is 0 Å². The van der Waals surface area contributed by atoms with Gasteiger partial charge in [-0.05, 0) is 65.9 Å². The number of aliphatic imine (C=N–C) groups is 1. The molecular formula is C32H47N3O2S. The van der Waals surface area contributed by atoms with Gasteiger partial charge < -0.3 is 15.0 Å². The molecule has 1 aromatic heterocycles. The van der Waals surface area contributed by atoms with Crippen LogP contribution < -0.4 is 5.73 Å². The van der Waals surface area contributed by atoms with E-state index in [4.69, 9.17) is 15.0 Å². The number of benzene rings is 1. The molecule has 38 heavy (non-hydrogen) atoms. The molecule has 1 fully saturated rings. The van der Waals surface area contributed by atoms with E-state index in [1.54, 1.807) is 6.21 Å². The second-order valence-corrected chi connectivity index (χ2v) is 10.8. The second kappa shape index (κ2) is 17.1. The van der Waals surface area contributed by atoms with Crippen LogP contribution in [0.3, 0.4) is 0 Å². The van der Waals surface area contributed by atoms with Crippen LogP contribution >= 0.6 is 11.8 Å². The smallest absolute Gasteiger partial charge is 0.171 e. The molecule has 0 aliphatic carbocycles. The summed E-state index contributed by atoms with van der Waals surface area (Å²) in [7, 11) is 0. The summed E-state index contributed by atoms with van der Waals surface area (Å²) < 4.78 is 11.4. The summed E-state index contributed by atoms with van der Waals surface area (Å²) in [4.78, 5) is 4.33.